The van der Waals surface area contributed by atoms with Crippen LogP contribution >= 0.6 is 0 Å². The average Bonchev–Trinajstić information content (AvgIpc) is 2.78. The standard InChI is InChI=1S/C7H8.C5H10.C2H7N/c1-7-5-3-2-4-6-7;1-2-4-5-3-1;1-3-2/h2-6H,1H3;1-5H2;3H,1-2H3. The van der Waals surface area contributed by atoms with Crippen LogP contribution < -0.4 is 5.32 Å². The van der Waals surface area contributed by atoms with Crippen molar-refractivity contribution < 1.29 is 0 Å². The number of rotatable bonds is 0. The predicted molar refractivity (Wildman–Crippen MR) is 69.2 cm³/mol. The van der Waals surface area contributed by atoms with E-state index in [0.717, 1.165) is 0 Å². The molecule has 86 valence electrons. The lowest BCUT2D eigenvalue weighted by atomic mass is 10.2. The van der Waals surface area contributed by atoms with Gasteiger partial charge in [0, 0.05) is 0 Å². The van der Waals surface area contributed by atoms with Crippen molar-refractivity contribution in [3.8, 4) is 0 Å². The van der Waals surface area contributed by atoms with E-state index in [4.69, 9.17) is 0 Å². The number of hydrogen-bond donors (Lipinski definition) is 1. The molecule has 15 heavy (non-hydrogen) atoms. The molecule has 1 aliphatic rings. The molecule has 1 N–H and O–H groups in total. The molecule has 1 nitrogen and oxygen atoms in total. The fraction of sp³-hybridized carbons (Fsp3) is 0.571. The van der Waals surface area contributed by atoms with E-state index in [2.05, 4.69) is 24.4 Å². The van der Waals surface area contributed by atoms with Crippen molar-refractivity contribution in [2.24, 2.45) is 0 Å². The van der Waals surface area contributed by atoms with Gasteiger partial charge in [0.1, 0.15) is 0 Å². The minimum absolute atomic E-state index is 1.32. The molecule has 0 amide bonds. The van der Waals surface area contributed by atoms with Crippen molar-refractivity contribution >= 4 is 0 Å². The highest BCUT2D eigenvalue weighted by molar-refractivity contribution is 5.11. The maximum Gasteiger partial charge on any atom is -0.0167 e. The normalized spacial score (nSPS) is 13.3. The van der Waals surface area contributed by atoms with Crippen LogP contribution in [0.5, 0.6) is 0 Å². The summed E-state index contributed by atoms with van der Waals surface area (Å²) in [7, 11) is 3.75. The van der Waals surface area contributed by atoms with Crippen molar-refractivity contribution in [1.29, 1.82) is 0 Å². The molecule has 0 unspecified atom stereocenters. The first-order valence-electron chi connectivity index (χ1n) is 5.91. The number of aryl methyl sites for hydroxylation is 1. The average molecular weight is 207 g/mol. The topological polar surface area (TPSA) is 12.0 Å². The highest BCUT2D eigenvalue weighted by Crippen LogP contribution is 2.15. The van der Waals surface area contributed by atoms with Gasteiger partial charge in [0.15, 0.2) is 0 Å². The van der Waals surface area contributed by atoms with Crippen molar-refractivity contribution in [3.63, 3.8) is 0 Å². The second kappa shape index (κ2) is 11.3. The summed E-state index contributed by atoms with van der Waals surface area (Å²) in [5.41, 5.74) is 1.32. The van der Waals surface area contributed by atoms with E-state index >= 15 is 0 Å². The first-order valence-corrected chi connectivity index (χ1v) is 5.91. The van der Waals surface area contributed by atoms with E-state index in [-0.39, 0.29) is 0 Å². The monoisotopic (exact) mass is 207 g/mol. The van der Waals surface area contributed by atoms with Crippen molar-refractivity contribution in [2.45, 2.75) is 39.0 Å². The Morgan fingerprint density at radius 1 is 0.800 bits per heavy atom. The Labute approximate surface area is 94.9 Å². The van der Waals surface area contributed by atoms with Crippen molar-refractivity contribution in [3.05, 3.63) is 35.9 Å². The molecule has 0 atom stereocenters. The maximum atomic E-state index is 2.75. The first kappa shape index (κ1) is 14.2. The van der Waals surface area contributed by atoms with Gasteiger partial charge >= 0.3 is 0 Å². The third kappa shape index (κ3) is 11.1. The van der Waals surface area contributed by atoms with Crippen LogP contribution in [0.2, 0.25) is 0 Å². The quantitative estimate of drug-likeness (QED) is 0.682. The molecule has 0 bridgehead atoms. The molecule has 1 aromatic carbocycles. The Hall–Kier alpha value is -0.820. The first-order chi connectivity index (χ1) is 7.31. The molecule has 0 spiro atoms. The van der Waals surface area contributed by atoms with Crippen LogP contribution in [0.1, 0.15) is 37.7 Å². The van der Waals surface area contributed by atoms with Crippen LogP contribution in [0.15, 0.2) is 30.3 Å². The van der Waals surface area contributed by atoms with Gasteiger partial charge < -0.3 is 5.32 Å². The van der Waals surface area contributed by atoms with Gasteiger partial charge in [0.05, 0.1) is 0 Å². The molecule has 0 heterocycles. The number of hydrogen-bond acceptors (Lipinski definition) is 1. The fourth-order valence-electron chi connectivity index (χ4n) is 1.42. The molecule has 0 aliphatic heterocycles. The number of benzene rings is 1. The lowest BCUT2D eigenvalue weighted by molar-refractivity contribution is 0.886. The van der Waals surface area contributed by atoms with Crippen molar-refractivity contribution in [2.75, 3.05) is 14.1 Å². The zero-order valence-corrected chi connectivity index (χ0v) is 10.4. The van der Waals surface area contributed by atoms with Gasteiger partial charge in [-0.25, -0.2) is 0 Å². The Bertz CT molecular complexity index is 194. The van der Waals surface area contributed by atoms with Crippen LogP contribution in [0.25, 0.3) is 0 Å². The molecule has 0 saturated heterocycles. The summed E-state index contributed by atoms with van der Waals surface area (Å²) in [6.07, 6.45) is 7.50. The summed E-state index contributed by atoms with van der Waals surface area (Å²) in [5.74, 6) is 0. The molecule has 1 fully saturated rings. The molecule has 1 aromatic rings. The molecular weight excluding hydrogens is 182 g/mol. The maximum absolute atomic E-state index is 2.75. The summed E-state index contributed by atoms with van der Waals surface area (Å²) < 4.78 is 0. The second-order valence-electron chi connectivity index (χ2n) is 3.92. The highest BCUT2D eigenvalue weighted by atomic mass is 14.7. The van der Waals surface area contributed by atoms with Gasteiger partial charge in [0.25, 0.3) is 0 Å². The molecule has 0 aromatic heterocycles. The van der Waals surface area contributed by atoms with E-state index in [9.17, 15) is 0 Å². The smallest absolute Gasteiger partial charge is 0.0167 e. The zero-order chi connectivity index (χ0) is 11.4. The molecule has 2 rings (SSSR count). The van der Waals surface area contributed by atoms with Crippen molar-refractivity contribution in [1.82, 2.24) is 5.32 Å². The summed E-state index contributed by atoms with van der Waals surface area (Å²) in [5, 5.41) is 2.75. The van der Waals surface area contributed by atoms with Gasteiger partial charge in [-0.3, -0.25) is 0 Å². The lowest BCUT2D eigenvalue weighted by Gasteiger charge is -1.82. The Morgan fingerprint density at radius 3 is 1.33 bits per heavy atom. The van der Waals surface area contributed by atoms with Crippen LogP contribution in [0, 0.1) is 6.92 Å². The van der Waals surface area contributed by atoms with E-state index in [1.807, 2.05) is 32.3 Å². The lowest BCUT2D eigenvalue weighted by Crippen LogP contribution is -1.89. The Morgan fingerprint density at radius 2 is 1.13 bits per heavy atom. The number of nitrogens with one attached hydrogen (secondary N) is 1. The van der Waals surface area contributed by atoms with Gasteiger partial charge in [-0.05, 0) is 21.0 Å². The van der Waals surface area contributed by atoms with Gasteiger partial charge in [-0.1, -0.05) is 68.0 Å². The van der Waals surface area contributed by atoms with E-state index in [1.54, 1.807) is 0 Å². The predicted octanol–water partition coefficient (Wildman–Crippen LogP) is 3.78. The minimum atomic E-state index is 1.32. The van der Waals surface area contributed by atoms with Crippen LogP contribution in [0.4, 0.5) is 0 Å². The van der Waals surface area contributed by atoms with Gasteiger partial charge in [-0.15, -0.1) is 0 Å². The SMILES string of the molecule is C1CCCC1.CNC.Cc1ccccc1. The molecule has 0 radical (unpaired) electrons. The summed E-state index contributed by atoms with van der Waals surface area (Å²) in [6, 6.07) is 10.3. The summed E-state index contributed by atoms with van der Waals surface area (Å²) in [4.78, 5) is 0. The third-order valence-electron chi connectivity index (χ3n) is 2.19. The molecule has 1 heteroatoms. The fourth-order valence-corrected chi connectivity index (χ4v) is 1.42. The van der Waals surface area contributed by atoms with Crippen LogP contribution in [-0.4, -0.2) is 14.1 Å². The third-order valence-corrected chi connectivity index (χ3v) is 2.19. The van der Waals surface area contributed by atoms with Crippen LogP contribution in [0.3, 0.4) is 0 Å². The van der Waals surface area contributed by atoms with E-state index in [0.29, 0.717) is 0 Å². The van der Waals surface area contributed by atoms with E-state index in [1.165, 1.54) is 37.7 Å². The molecule has 1 saturated carbocycles. The molecular formula is C14H25N. The minimum Gasteiger partial charge on any atom is -0.323 e. The van der Waals surface area contributed by atoms with Gasteiger partial charge in [-0.2, -0.15) is 0 Å². The second-order valence-corrected chi connectivity index (χ2v) is 3.92. The highest BCUT2D eigenvalue weighted by Gasteiger charge is 1.95. The van der Waals surface area contributed by atoms with Crippen LogP contribution in [-0.2, 0) is 0 Å². The Kier molecular flexibility index (Phi) is 10.6. The zero-order valence-electron chi connectivity index (χ0n) is 10.4. The van der Waals surface area contributed by atoms with Gasteiger partial charge in [0.2, 0.25) is 0 Å². The summed E-state index contributed by atoms with van der Waals surface area (Å²) in [6.45, 7) is 2.08. The largest absolute Gasteiger partial charge is 0.323 e. The van der Waals surface area contributed by atoms with E-state index < -0.39 is 0 Å². The Balaban J connectivity index is 0.000000216. The molecule has 1 aliphatic carbocycles. The summed E-state index contributed by atoms with van der Waals surface area (Å²) >= 11 is 0.